The molecule has 0 radical (unpaired) electrons. The van der Waals surface area contributed by atoms with Crippen LogP contribution in [0.3, 0.4) is 0 Å². The number of likely N-dealkylation sites (tertiary alicyclic amines) is 1. The van der Waals surface area contributed by atoms with Crippen molar-refractivity contribution < 1.29 is 4.79 Å². The Morgan fingerprint density at radius 1 is 1.20 bits per heavy atom. The van der Waals surface area contributed by atoms with Crippen LogP contribution in [0.25, 0.3) is 11.5 Å². The van der Waals surface area contributed by atoms with Crippen molar-refractivity contribution >= 4 is 23.0 Å². The minimum absolute atomic E-state index is 0.0693. The lowest BCUT2D eigenvalue weighted by atomic mass is 10.0. The molecule has 5 heterocycles. The molecule has 1 saturated heterocycles. The van der Waals surface area contributed by atoms with Gasteiger partial charge in [0.15, 0.2) is 0 Å². The molecule has 10 heteroatoms. The average molecular weight is 426 g/mol. The van der Waals surface area contributed by atoms with Gasteiger partial charge in [0.05, 0.1) is 17.5 Å². The SMILES string of the molecule is Cc1c(C(=O)N2CCC(n3cccc3Cl)CC2)cnn1-c1nn2cccc2c(=O)[nH]1. The number of hydrogen-bond acceptors (Lipinski definition) is 4. The van der Waals surface area contributed by atoms with E-state index in [2.05, 4.69) is 19.7 Å². The maximum Gasteiger partial charge on any atom is 0.276 e. The molecule has 4 aromatic rings. The number of aromatic nitrogens is 6. The van der Waals surface area contributed by atoms with Crippen LogP contribution >= 0.6 is 11.6 Å². The van der Waals surface area contributed by atoms with Gasteiger partial charge in [-0.15, -0.1) is 5.10 Å². The molecule has 0 bridgehead atoms. The Morgan fingerprint density at radius 3 is 2.70 bits per heavy atom. The zero-order valence-electron chi connectivity index (χ0n) is 16.3. The van der Waals surface area contributed by atoms with Crippen LogP contribution in [0, 0.1) is 6.92 Å². The predicted molar refractivity (Wildman–Crippen MR) is 111 cm³/mol. The van der Waals surface area contributed by atoms with Gasteiger partial charge >= 0.3 is 0 Å². The molecule has 9 nitrogen and oxygen atoms in total. The standard InChI is InChI=1S/C20H20ClN7O2/c1-13-15(12-22-28(13)20-23-18(29)16-4-2-9-27(16)24-20)19(30)25-10-6-14(7-11-25)26-8-3-5-17(26)21/h2-5,8-9,12,14H,6-7,10-11H2,1H3,(H,23,24,29). The Kier molecular flexibility index (Phi) is 4.47. The van der Waals surface area contributed by atoms with Gasteiger partial charge in [0.25, 0.3) is 11.5 Å². The maximum atomic E-state index is 13.1. The smallest absolute Gasteiger partial charge is 0.276 e. The van der Waals surface area contributed by atoms with Gasteiger partial charge in [-0.25, -0.2) is 9.20 Å². The number of fused-ring (bicyclic) bond motifs is 1. The second-order valence-corrected chi connectivity index (χ2v) is 7.82. The molecule has 1 aliphatic heterocycles. The van der Waals surface area contributed by atoms with E-state index in [9.17, 15) is 9.59 Å². The summed E-state index contributed by atoms with van der Waals surface area (Å²) in [6, 6.07) is 7.53. The Labute approximate surface area is 176 Å². The summed E-state index contributed by atoms with van der Waals surface area (Å²) >= 11 is 6.23. The summed E-state index contributed by atoms with van der Waals surface area (Å²) in [4.78, 5) is 29.9. The van der Waals surface area contributed by atoms with Crippen LogP contribution in [-0.4, -0.2) is 52.8 Å². The highest BCUT2D eigenvalue weighted by Gasteiger charge is 2.27. The number of carbonyl (C=O) groups excluding carboxylic acids is 1. The molecule has 1 aliphatic rings. The van der Waals surface area contributed by atoms with Gasteiger partial charge in [-0.2, -0.15) is 5.10 Å². The van der Waals surface area contributed by atoms with E-state index in [0.717, 1.165) is 18.0 Å². The van der Waals surface area contributed by atoms with E-state index in [4.69, 9.17) is 11.6 Å². The van der Waals surface area contributed by atoms with E-state index in [0.29, 0.717) is 35.9 Å². The number of aromatic amines is 1. The van der Waals surface area contributed by atoms with Crippen molar-refractivity contribution in [2.24, 2.45) is 0 Å². The molecule has 0 saturated carbocycles. The molecule has 5 rings (SSSR count). The van der Waals surface area contributed by atoms with Crippen LogP contribution in [0.15, 0.2) is 47.7 Å². The lowest BCUT2D eigenvalue weighted by Gasteiger charge is -2.33. The van der Waals surface area contributed by atoms with E-state index in [-0.39, 0.29) is 17.4 Å². The number of amides is 1. The highest BCUT2D eigenvalue weighted by molar-refractivity contribution is 6.29. The first kappa shape index (κ1) is 18.7. The molecule has 1 fully saturated rings. The summed E-state index contributed by atoms with van der Waals surface area (Å²) in [6.45, 7) is 3.09. The van der Waals surface area contributed by atoms with E-state index in [1.165, 1.54) is 15.4 Å². The Bertz CT molecular complexity index is 1290. The monoisotopic (exact) mass is 425 g/mol. The molecule has 4 aromatic heterocycles. The first-order chi connectivity index (χ1) is 14.5. The molecule has 0 atom stereocenters. The van der Waals surface area contributed by atoms with Gasteiger partial charge in [0.1, 0.15) is 10.7 Å². The highest BCUT2D eigenvalue weighted by Crippen LogP contribution is 2.27. The number of rotatable bonds is 3. The molecule has 30 heavy (non-hydrogen) atoms. The quantitative estimate of drug-likeness (QED) is 0.545. The molecule has 0 spiro atoms. The van der Waals surface area contributed by atoms with Crippen LogP contribution in [0.2, 0.25) is 5.15 Å². The van der Waals surface area contributed by atoms with Crippen molar-refractivity contribution in [1.29, 1.82) is 0 Å². The van der Waals surface area contributed by atoms with Crippen LogP contribution in [0.5, 0.6) is 0 Å². The zero-order chi connectivity index (χ0) is 20.8. The molecule has 0 aliphatic carbocycles. The largest absolute Gasteiger partial charge is 0.338 e. The van der Waals surface area contributed by atoms with Crippen molar-refractivity contribution in [3.63, 3.8) is 0 Å². The topological polar surface area (TPSA) is 93.2 Å². The number of nitrogens with zero attached hydrogens (tertiary/aromatic N) is 6. The molecule has 0 unspecified atom stereocenters. The van der Waals surface area contributed by atoms with E-state index >= 15 is 0 Å². The van der Waals surface area contributed by atoms with Gasteiger partial charge in [-0.3, -0.25) is 14.6 Å². The van der Waals surface area contributed by atoms with Gasteiger partial charge in [-0.05, 0) is 44.0 Å². The third kappa shape index (κ3) is 3.02. The van der Waals surface area contributed by atoms with Crippen molar-refractivity contribution in [3.8, 4) is 5.95 Å². The number of hydrogen-bond donors (Lipinski definition) is 1. The van der Waals surface area contributed by atoms with Gasteiger partial charge < -0.3 is 9.47 Å². The van der Waals surface area contributed by atoms with Crippen LogP contribution < -0.4 is 5.56 Å². The molecule has 154 valence electrons. The van der Waals surface area contributed by atoms with Crippen LogP contribution in [0.4, 0.5) is 0 Å². The fraction of sp³-hybridized carbons (Fsp3) is 0.300. The number of piperidine rings is 1. The first-order valence-electron chi connectivity index (χ1n) is 9.77. The zero-order valence-corrected chi connectivity index (χ0v) is 17.1. The second-order valence-electron chi connectivity index (χ2n) is 7.43. The fourth-order valence-electron chi connectivity index (χ4n) is 4.05. The minimum atomic E-state index is -0.265. The van der Waals surface area contributed by atoms with Crippen molar-refractivity contribution in [1.82, 2.24) is 33.8 Å². The lowest BCUT2D eigenvalue weighted by Crippen LogP contribution is -2.39. The van der Waals surface area contributed by atoms with E-state index < -0.39 is 0 Å². The average Bonchev–Trinajstić information content (AvgIpc) is 3.47. The number of carbonyl (C=O) groups is 1. The molecule has 0 aromatic carbocycles. The van der Waals surface area contributed by atoms with Crippen LogP contribution in [-0.2, 0) is 0 Å². The predicted octanol–water partition coefficient (Wildman–Crippen LogP) is 2.45. The van der Waals surface area contributed by atoms with Gasteiger partial charge in [0, 0.05) is 31.5 Å². The van der Waals surface area contributed by atoms with Crippen molar-refractivity contribution in [3.05, 3.63) is 69.6 Å². The normalized spacial score (nSPS) is 15.2. The maximum absolute atomic E-state index is 13.1. The fourth-order valence-corrected chi connectivity index (χ4v) is 4.31. The second kappa shape index (κ2) is 7.17. The number of halogens is 1. The molecule has 1 N–H and O–H groups in total. The molecular weight excluding hydrogens is 406 g/mol. The van der Waals surface area contributed by atoms with Crippen molar-refractivity contribution in [2.45, 2.75) is 25.8 Å². The van der Waals surface area contributed by atoms with Crippen LogP contribution in [0.1, 0.15) is 34.9 Å². The summed E-state index contributed by atoms with van der Waals surface area (Å²) in [5.74, 6) is 0.196. The van der Waals surface area contributed by atoms with E-state index in [1.807, 2.05) is 23.2 Å². The first-order valence-corrected chi connectivity index (χ1v) is 10.1. The third-order valence-corrected chi connectivity index (χ3v) is 6.02. The Hall–Kier alpha value is -3.33. The lowest BCUT2D eigenvalue weighted by molar-refractivity contribution is 0.0694. The summed E-state index contributed by atoms with van der Waals surface area (Å²) in [5.41, 5.74) is 1.32. The molecular formula is C20H20ClN7O2. The summed E-state index contributed by atoms with van der Waals surface area (Å²) < 4.78 is 5.04. The number of nitrogens with one attached hydrogen (secondary N) is 1. The Morgan fingerprint density at radius 2 is 1.97 bits per heavy atom. The highest BCUT2D eigenvalue weighted by atomic mass is 35.5. The third-order valence-electron chi connectivity index (χ3n) is 5.70. The van der Waals surface area contributed by atoms with Gasteiger partial charge in [0.2, 0.25) is 5.95 Å². The van der Waals surface area contributed by atoms with E-state index in [1.54, 1.807) is 25.3 Å². The Balaban J connectivity index is 1.36. The van der Waals surface area contributed by atoms with Gasteiger partial charge in [-0.1, -0.05) is 11.6 Å². The van der Waals surface area contributed by atoms with Crippen molar-refractivity contribution in [2.75, 3.05) is 13.1 Å². The summed E-state index contributed by atoms with van der Waals surface area (Å²) in [6.07, 6.45) is 6.89. The molecule has 1 amide bonds. The minimum Gasteiger partial charge on any atom is -0.338 e. The number of H-pyrrole nitrogens is 1. The summed E-state index contributed by atoms with van der Waals surface area (Å²) in [5, 5.41) is 9.40. The summed E-state index contributed by atoms with van der Waals surface area (Å²) in [7, 11) is 0.